The van der Waals surface area contributed by atoms with Gasteiger partial charge in [-0.2, -0.15) is 0 Å². The number of carbonyl (C=O) groups excluding carboxylic acids is 2. The number of amides is 2. The van der Waals surface area contributed by atoms with E-state index in [-0.39, 0.29) is 11.8 Å². The van der Waals surface area contributed by atoms with E-state index in [1.807, 2.05) is 66.0 Å². The molecule has 0 aliphatic rings. The van der Waals surface area contributed by atoms with Crippen LogP contribution >= 0.6 is 22.9 Å². The largest absolute Gasteiger partial charge is 0.354 e. The minimum atomic E-state index is -0.642. The van der Waals surface area contributed by atoms with Gasteiger partial charge in [-0.3, -0.25) is 9.59 Å². The minimum absolute atomic E-state index is 0.198. The average molecular weight is 413 g/mol. The van der Waals surface area contributed by atoms with Gasteiger partial charge in [0.15, 0.2) is 0 Å². The topological polar surface area (TPSA) is 58.2 Å². The molecule has 0 unspecified atom stereocenters. The summed E-state index contributed by atoms with van der Waals surface area (Å²) in [6, 6.07) is 20.1. The van der Waals surface area contributed by atoms with Gasteiger partial charge in [0.2, 0.25) is 5.91 Å². The minimum Gasteiger partial charge on any atom is -0.354 e. The first-order valence-corrected chi connectivity index (χ1v) is 10.3. The van der Waals surface area contributed by atoms with Crippen molar-refractivity contribution in [3.8, 4) is 0 Å². The van der Waals surface area contributed by atoms with Gasteiger partial charge in [-0.05, 0) is 41.1 Å². The van der Waals surface area contributed by atoms with Crippen LogP contribution in [0, 0.1) is 0 Å². The predicted octanol–water partition coefficient (Wildman–Crippen LogP) is 4.10. The number of thiophene rings is 1. The van der Waals surface area contributed by atoms with Crippen LogP contribution in [-0.2, 0) is 17.6 Å². The summed E-state index contributed by atoms with van der Waals surface area (Å²) in [5, 5.41) is 8.31. The summed E-state index contributed by atoms with van der Waals surface area (Å²) >= 11 is 7.35. The van der Waals surface area contributed by atoms with E-state index >= 15 is 0 Å². The van der Waals surface area contributed by atoms with Gasteiger partial charge in [0.1, 0.15) is 6.04 Å². The zero-order valence-electron chi connectivity index (χ0n) is 15.2. The summed E-state index contributed by atoms with van der Waals surface area (Å²) in [7, 11) is 0. The molecule has 28 heavy (non-hydrogen) atoms. The first-order valence-electron chi connectivity index (χ1n) is 9.02. The second-order valence-corrected chi connectivity index (χ2v) is 7.75. The average Bonchev–Trinajstić information content (AvgIpc) is 3.23. The molecule has 0 fully saturated rings. The van der Waals surface area contributed by atoms with Crippen molar-refractivity contribution in [2.45, 2.75) is 18.9 Å². The molecule has 0 saturated carbocycles. The van der Waals surface area contributed by atoms with Crippen LogP contribution in [-0.4, -0.2) is 24.4 Å². The number of halogens is 1. The molecule has 1 heterocycles. The maximum absolute atomic E-state index is 12.8. The molecule has 2 amide bonds. The molecule has 0 radical (unpaired) electrons. The Morgan fingerprint density at radius 3 is 2.46 bits per heavy atom. The highest BCUT2D eigenvalue weighted by molar-refractivity contribution is 7.12. The van der Waals surface area contributed by atoms with Crippen molar-refractivity contribution in [2.75, 3.05) is 6.54 Å². The molecule has 3 rings (SSSR count). The molecule has 4 nitrogen and oxygen atoms in total. The number of carbonyl (C=O) groups is 2. The maximum atomic E-state index is 12.8. The third-order valence-corrected chi connectivity index (χ3v) is 5.36. The van der Waals surface area contributed by atoms with Gasteiger partial charge in [0.25, 0.3) is 5.91 Å². The molecule has 0 aliphatic carbocycles. The van der Waals surface area contributed by atoms with Crippen LogP contribution in [0.15, 0.2) is 72.1 Å². The molecule has 2 aromatic carbocycles. The summed E-state index contributed by atoms with van der Waals surface area (Å²) in [5.74, 6) is -0.434. The number of hydrogen-bond donors (Lipinski definition) is 2. The SMILES string of the molecule is O=C(N[C@@H](Cc1ccccc1)C(=O)NCCc1cccc(Cl)c1)c1cccs1. The molecule has 1 atom stereocenters. The summed E-state index contributed by atoms with van der Waals surface area (Å²) in [4.78, 5) is 25.8. The lowest BCUT2D eigenvalue weighted by Crippen LogP contribution is -2.48. The summed E-state index contributed by atoms with van der Waals surface area (Å²) in [6.45, 7) is 0.472. The number of hydrogen-bond acceptors (Lipinski definition) is 3. The second kappa shape index (κ2) is 10.1. The fourth-order valence-electron chi connectivity index (χ4n) is 2.84. The van der Waals surface area contributed by atoms with E-state index in [0.717, 1.165) is 11.1 Å². The first-order chi connectivity index (χ1) is 13.6. The van der Waals surface area contributed by atoms with Gasteiger partial charge in [0, 0.05) is 18.0 Å². The van der Waals surface area contributed by atoms with Crippen LogP contribution in [0.3, 0.4) is 0 Å². The Labute approximate surface area is 173 Å². The van der Waals surface area contributed by atoms with Crippen LogP contribution in [0.25, 0.3) is 0 Å². The Morgan fingerprint density at radius 1 is 0.964 bits per heavy atom. The second-order valence-electron chi connectivity index (χ2n) is 6.36. The van der Waals surface area contributed by atoms with E-state index in [2.05, 4.69) is 10.6 Å². The Hall–Kier alpha value is -2.63. The molecule has 1 aromatic heterocycles. The van der Waals surface area contributed by atoms with Crippen molar-refractivity contribution in [2.24, 2.45) is 0 Å². The van der Waals surface area contributed by atoms with Crippen molar-refractivity contribution in [3.05, 3.63) is 93.1 Å². The van der Waals surface area contributed by atoms with Gasteiger partial charge in [-0.15, -0.1) is 11.3 Å². The standard InChI is InChI=1S/C22H21ClN2O2S/c23-18-9-4-8-17(14-18)11-12-24-21(26)19(15-16-6-2-1-3-7-16)25-22(27)20-10-5-13-28-20/h1-10,13-14,19H,11-12,15H2,(H,24,26)(H,25,27)/t19-/m0/s1. The smallest absolute Gasteiger partial charge is 0.262 e. The van der Waals surface area contributed by atoms with Gasteiger partial charge < -0.3 is 10.6 Å². The lowest BCUT2D eigenvalue weighted by atomic mass is 10.0. The van der Waals surface area contributed by atoms with E-state index < -0.39 is 6.04 Å². The normalized spacial score (nSPS) is 11.6. The number of rotatable bonds is 8. The Balaban J connectivity index is 1.62. The van der Waals surface area contributed by atoms with Crippen molar-refractivity contribution in [1.82, 2.24) is 10.6 Å². The highest BCUT2D eigenvalue weighted by atomic mass is 35.5. The highest BCUT2D eigenvalue weighted by Crippen LogP contribution is 2.12. The fourth-order valence-corrected chi connectivity index (χ4v) is 3.68. The van der Waals surface area contributed by atoms with Crippen LogP contribution in [0.1, 0.15) is 20.8 Å². The molecule has 3 aromatic rings. The third kappa shape index (κ3) is 5.94. The fraction of sp³-hybridized carbons (Fsp3) is 0.182. The molecule has 0 bridgehead atoms. The quantitative estimate of drug-likeness (QED) is 0.585. The molecule has 6 heteroatoms. The molecular weight excluding hydrogens is 392 g/mol. The van der Waals surface area contributed by atoms with Crippen molar-refractivity contribution in [1.29, 1.82) is 0 Å². The molecule has 0 aliphatic heterocycles. The predicted molar refractivity (Wildman–Crippen MR) is 114 cm³/mol. The molecule has 0 saturated heterocycles. The highest BCUT2D eigenvalue weighted by Gasteiger charge is 2.22. The van der Waals surface area contributed by atoms with Crippen molar-refractivity contribution >= 4 is 34.8 Å². The first kappa shape index (κ1) is 20.1. The van der Waals surface area contributed by atoms with Crippen molar-refractivity contribution < 1.29 is 9.59 Å². The van der Waals surface area contributed by atoms with E-state index in [4.69, 9.17) is 11.6 Å². The number of benzene rings is 2. The van der Waals surface area contributed by atoms with Crippen LogP contribution in [0.4, 0.5) is 0 Å². The molecule has 2 N–H and O–H groups in total. The van der Waals surface area contributed by atoms with E-state index in [9.17, 15) is 9.59 Å². The van der Waals surface area contributed by atoms with Gasteiger partial charge >= 0.3 is 0 Å². The zero-order valence-corrected chi connectivity index (χ0v) is 16.8. The lowest BCUT2D eigenvalue weighted by molar-refractivity contribution is -0.122. The van der Waals surface area contributed by atoms with Gasteiger partial charge in [-0.1, -0.05) is 60.1 Å². The maximum Gasteiger partial charge on any atom is 0.262 e. The lowest BCUT2D eigenvalue weighted by Gasteiger charge is -2.18. The van der Waals surface area contributed by atoms with E-state index in [1.165, 1.54) is 11.3 Å². The van der Waals surface area contributed by atoms with Crippen molar-refractivity contribution in [3.63, 3.8) is 0 Å². The van der Waals surface area contributed by atoms with Crippen LogP contribution in [0.5, 0.6) is 0 Å². The third-order valence-electron chi connectivity index (χ3n) is 4.25. The van der Waals surface area contributed by atoms with E-state index in [0.29, 0.717) is 29.3 Å². The summed E-state index contributed by atoms with van der Waals surface area (Å²) in [5.41, 5.74) is 2.04. The number of nitrogens with one attached hydrogen (secondary N) is 2. The van der Waals surface area contributed by atoms with Gasteiger partial charge in [-0.25, -0.2) is 0 Å². The van der Waals surface area contributed by atoms with Crippen LogP contribution in [0.2, 0.25) is 5.02 Å². The Kier molecular flexibility index (Phi) is 7.23. The van der Waals surface area contributed by atoms with Gasteiger partial charge in [0.05, 0.1) is 4.88 Å². The Bertz CT molecular complexity index is 913. The molecule has 0 spiro atoms. The monoisotopic (exact) mass is 412 g/mol. The Morgan fingerprint density at radius 2 is 1.75 bits per heavy atom. The molecular formula is C22H21ClN2O2S. The van der Waals surface area contributed by atoms with E-state index in [1.54, 1.807) is 6.07 Å². The molecule has 144 valence electrons. The summed E-state index contributed by atoms with van der Waals surface area (Å²) < 4.78 is 0. The zero-order chi connectivity index (χ0) is 19.8. The van der Waals surface area contributed by atoms with Crippen LogP contribution < -0.4 is 10.6 Å². The summed E-state index contributed by atoms with van der Waals surface area (Å²) in [6.07, 6.45) is 1.10.